The SMILES string of the molecule is Cc1n[nH]c(C)c1CNC(CO)CC(C)C. The number of rotatable bonds is 6. The van der Waals surface area contributed by atoms with Gasteiger partial charge in [0.05, 0.1) is 12.3 Å². The molecule has 0 aromatic carbocycles. The summed E-state index contributed by atoms with van der Waals surface area (Å²) in [6.45, 7) is 9.31. The molecule has 4 heteroatoms. The first-order valence-electron chi connectivity index (χ1n) is 5.89. The second-order valence-corrected chi connectivity index (χ2v) is 4.80. The lowest BCUT2D eigenvalue weighted by atomic mass is 10.0. The molecule has 1 aromatic heterocycles. The summed E-state index contributed by atoms with van der Waals surface area (Å²) in [4.78, 5) is 0. The van der Waals surface area contributed by atoms with E-state index in [0.29, 0.717) is 5.92 Å². The van der Waals surface area contributed by atoms with Crippen molar-refractivity contribution in [2.75, 3.05) is 6.61 Å². The van der Waals surface area contributed by atoms with Gasteiger partial charge in [0.2, 0.25) is 0 Å². The van der Waals surface area contributed by atoms with Crippen LogP contribution in [0.5, 0.6) is 0 Å². The Kier molecular flexibility index (Phi) is 4.96. The minimum atomic E-state index is 0.175. The Bertz CT molecular complexity index is 301. The number of aryl methyl sites for hydroxylation is 2. The highest BCUT2D eigenvalue weighted by Crippen LogP contribution is 2.10. The Morgan fingerprint density at radius 2 is 2.06 bits per heavy atom. The molecule has 4 nitrogen and oxygen atoms in total. The molecule has 0 spiro atoms. The van der Waals surface area contributed by atoms with Gasteiger partial charge in [0.25, 0.3) is 0 Å². The largest absolute Gasteiger partial charge is 0.395 e. The molecule has 16 heavy (non-hydrogen) atoms. The molecule has 1 atom stereocenters. The Morgan fingerprint density at radius 1 is 1.38 bits per heavy atom. The standard InChI is InChI=1S/C12H23N3O/c1-8(2)5-11(7-16)13-6-12-9(3)14-15-10(12)4/h8,11,13,16H,5-7H2,1-4H3,(H,14,15). The fraction of sp³-hybridized carbons (Fsp3) is 0.750. The topological polar surface area (TPSA) is 60.9 Å². The van der Waals surface area contributed by atoms with Gasteiger partial charge in [-0.2, -0.15) is 5.10 Å². The average Bonchev–Trinajstić information content (AvgIpc) is 2.53. The summed E-state index contributed by atoms with van der Waals surface area (Å²) in [5, 5.41) is 19.8. The molecule has 0 aliphatic heterocycles. The molecule has 0 bridgehead atoms. The zero-order chi connectivity index (χ0) is 12.1. The third-order valence-corrected chi connectivity index (χ3v) is 2.82. The zero-order valence-corrected chi connectivity index (χ0v) is 10.7. The summed E-state index contributed by atoms with van der Waals surface area (Å²) in [6.07, 6.45) is 0.993. The summed E-state index contributed by atoms with van der Waals surface area (Å²) in [5.74, 6) is 0.594. The van der Waals surface area contributed by atoms with E-state index in [1.807, 2.05) is 13.8 Å². The first kappa shape index (κ1) is 13.2. The number of aliphatic hydroxyl groups is 1. The first-order valence-corrected chi connectivity index (χ1v) is 5.89. The van der Waals surface area contributed by atoms with Crippen molar-refractivity contribution in [3.63, 3.8) is 0 Å². The molecule has 0 aliphatic rings. The molecule has 3 N–H and O–H groups in total. The predicted octanol–water partition coefficient (Wildman–Crippen LogP) is 1.52. The number of nitrogens with zero attached hydrogens (tertiary/aromatic N) is 1. The van der Waals surface area contributed by atoms with Crippen molar-refractivity contribution in [2.45, 2.75) is 46.7 Å². The van der Waals surface area contributed by atoms with Crippen LogP contribution < -0.4 is 5.32 Å². The van der Waals surface area contributed by atoms with Gasteiger partial charge in [-0.1, -0.05) is 13.8 Å². The molecular weight excluding hydrogens is 202 g/mol. The molecule has 1 heterocycles. The minimum Gasteiger partial charge on any atom is -0.395 e. The maximum Gasteiger partial charge on any atom is 0.0638 e. The highest BCUT2D eigenvalue weighted by atomic mass is 16.3. The highest BCUT2D eigenvalue weighted by Gasteiger charge is 2.11. The van der Waals surface area contributed by atoms with Crippen molar-refractivity contribution in [2.24, 2.45) is 5.92 Å². The number of aromatic amines is 1. The molecule has 0 amide bonds. The van der Waals surface area contributed by atoms with Crippen LogP contribution in [0.1, 0.15) is 37.2 Å². The Labute approximate surface area is 97.5 Å². The van der Waals surface area contributed by atoms with Gasteiger partial charge in [-0.15, -0.1) is 0 Å². The van der Waals surface area contributed by atoms with Crippen LogP contribution in [0.25, 0.3) is 0 Å². The van der Waals surface area contributed by atoms with Gasteiger partial charge in [0.1, 0.15) is 0 Å². The minimum absolute atomic E-state index is 0.175. The third kappa shape index (κ3) is 3.61. The third-order valence-electron chi connectivity index (χ3n) is 2.82. The summed E-state index contributed by atoms with van der Waals surface area (Å²) >= 11 is 0. The van der Waals surface area contributed by atoms with Crippen LogP contribution in [0.4, 0.5) is 0 Å². The van der Waals surface area contributed by atoms with Crippen LogP contribution in [-0.2, 0) is 6.54 Å². The smallest absolute Gasteiger partial charge is 0.0638 e. The fourth-order valence-electron chi connectivity index (χ4n) is 1.87. The molecule has 0 saturated heterocycles. The van der Waals surface area contributed by atoms with Crippen LogP contribution in [-0.4, -0.2) is 28.0 Å². The quantitative estimate of drug-likeness (QED) is 0.688. The van der Waals surface area contributed by atoms with E-state index in [-0.39, 0.29) is 12.6 Å². The van der Waals surface area contributed by atoms with Crippen molar-refractivity contribution < 1.29 is 5.11 Å². The number of H-pyrrole nitrogens is 1. The van der Waals surface area contributed by atoms with E-state index < -0.39 is 0 Å². The molecule has 0 fully saturated rings. The lowest BCUT2D eigenvalue weighted by Gasteiger charge is -2.18. The maximum absolute atomic E-state index is 9.26. The van der Waals surface area contributed by atoms with Crippen molar-refractivity contribution in [1.29, 1.82) is 0 Å². The molecule has 1 unspecified atom stereocenters. The maximum atomic E-state index is 9.26. The van der Waals surface area contributed by atoms with E-state index in [2.05, 4.69) is 29.4 Å². The Balaban J connectivity index is 2.49. The second-order valence-electron chi connectivity index (χ2n) is 4.80. The van der Waals surface area contributed by atoms with Gasteiger partial charge < -0.3 is 10.4 Å². The highest BCUT2D eigenvalue weighted by molar-refractivity contribution is 5.22. The van der Waals surface area contributed by atoms with Crippen LogP contribution >= 0.6 is 0 Å². The number of aromatic nitrogens is 2. The Hall–Kier alpha value is -0.870. The zero-order valence-electron chi connectivity index (χ0n) is 10.7. The van der Waals surface area contributed by atoms with E-state index in [9.17, 15) is 5.11 Å². The van der Waals surface area contributed by atoms with Crippen molar-refractivity contribution in [3.8, 4) is 0 Å². The lowest BCUT2D eigenvalue weighted by Crippen LogP contribution is -2.33. The fourth-order valence-corrected chi connectivity index (χ4v) is 1.87. The van der Waals surface area contributed by atoms with Crippen molar-refractivity contribution in [3.05, 3.63) is 17.0 Å². The van der Waals surface area contributed by atoms with Crippen LogP contribution in [0, 0.1) is 19.8 Å². The molecule has 92 valence electrons. The molecular formula is C12H23N3O. The Morgan fingerprint density at radius 3 is 2.50 bits per heavy atom. The number of nitrogens with one attached hydrogen (secondary N) is 2. The summed E-state index contributed by atoms with van der Waals surface area (Å²) in [5.41, 5.74) is 3.35. The van der Waals surface area contributed by atoms with Gasteiger partial charge in [0, 0.05) is 23.8 Å². The van der Waals surface area contributed by atoms with Gasteiger partial charge in [-0.3, -0.25) is 5.10 Å². The van der Waals surface area contributed by atoms with E-state index in [1.54, 1.807) is 0 Å². The average molecular weight is 225 g/mol. The monoisotopic (exact) mass is 225 g/mol. The number of hydrogen-bond acceptors (Lipinski definition) is 3. The first-order chi connectivity index (χ1) is 7.54. The van der Waals surface area contributed by atoms with E-state index in [4.69, 9.17) is 0 Å². The molecule has 1 aromatic rings. The lowest BCUT2D eigenvalue weighted by molar-refractivity contribution is 0.223. The van der Waals surface area contributed by atoms with Gasteiger partial charge in [-0.05, 0) is 26.2 Å². The van der Waals surface area contributed by atoms with Crippen LogP contribution in [0.2, 0.25) is 0 Å². The van der Waals surface area contributed by atoms with E-state index in [0.717, 1.165) is 24.4 Å². The van der Waals surface area contributed by atoms with Crippen molar-refractivity contribution in [1.82, 2.24) is 15.5 Å². The number of hydrogen-bond donors (Lipinski definition) is 3. The summed E-state index contributed by atoms with van der Waals surface area (Å²) < 4.78 is 0. The van der Waals surface area contributed by atoms with Crippen molar-refractivity contribution >= 4 is 0 Å². The number of aliphatic hydroxyl groups excluding tert-OH is 1. The summed E-state index contributed by atoms with van der Waals surface area (Å²) in [7, 11) is 0. The van der Waals surface area contributed by atoms with Gasteiger partial charge in [0.15, 0.2) is 0 Å². The normalized spacial score (nSPS) is 13.4. The second kappa shape index (κ2) is 6.01. The van der Waals surface area contributed by atoms with Crippen LogP contribution in [0.15, 0.2) is 0 Å². The van der Waals surface area contributed by atoms with Crippen LogP contribution in [0.3, 0.4) is 0 Å². The molecule has 0 saturated carbocycles. The molecule has 0 aliphatic carbocycles. The summed E-state index contributed by atoms with van der Waals surface area (Å²) in [6, 6.07) is 0.175. The van der Waals surface area contributed by atoms with Gasteiger partial charge in [-0.25, -0.2) is 0 Å². The van der Waals surface area contributed by atoms with E-state index in [1.165, 1.54) is 5.56 Å². The van der Waals surface area contributed by atoms with E-state index >= 15 is 0 Å². The predicted molar refractivity (Wildman–Crippen MR) is 65.2 cm³/mol. The molecule has 0 radical (unpaired) electrons. The molecule has 1 rings (SSSR count). The van der Waals surface area contributed by atoms with Gasteiger partial charge >= 0.3 is 0 Å².